The zero-order chi connectivity index (χ0) is 10.7. The summed E-state index contributed by atoms with van der Waals surface area (Å²) in [5, 5.41) is -0.306. The molecule has 14 heavy (non-hydrogen) atoms. The predicted octanol–water partition coefficient (Wildman–Crippen LogP) is 2.57. The van der Waals surface area contributed by atoms with E-state index in [2.05, 4.69) is 18.9 Å². The number of hydrogen-bond donors (Lipinski definition) is 0. The van der Waals surface area contributed by atoms with Crippen molar-refractivity contribution in [2.75, 3.05) is 7.05 Å². The lowest BCUT2D eigenvalue weighted by Gasteiger charge is -2.36. The van der Waals surface area contributed by atoms with Gasteiger partial charge in [-0.05, 0) is 38.4 Å². The van der Waals surface area contributed by atoms with Crippen molar-refractivity contribution >= 4 is 16.8 Å². The number of halogens is 1. The first-order valence-corrected chi connectivity index (χ1v) is 5.57. The Labute approximate surface area is 90.9 Å². The largest absolute Gasteiger partial charge is 0.296 e. The fourth-order valence-corrected chi connectivity index (χ4v) is 2.27. The van der Waals surface area contributed by atoms with E-state index in [4.69, 9.17) is 11.6 Å². The van der Waals surface area contributed by atoms with Crippen LogP contribution in [0.15, 0.2) is 11.6 Å². The van der Waals surface area contributed by atoms with Crippen molar-refractivity contribution in [1.29, 1.82) is 0 Å². The van der Waals surface area contributed by atoms with Gasteiger partial charge < -0.3 is 0 Å². The molecule has 80 valence electrons. The molecule has 3 heteroatoms. The molecule has 1 rings (SSSR count). The minimum Gasteiger partial charge on any atom is -0.296 e. The molecule has 0 saturated heterocycles. The SMILES string of the molecule is CCC[C@@H]1CC=C(C(=O)Cl)C(C)N1C. The summed E-state index contributed by atoms with van der Waals surface area (Å²) in [4.78, 5) is 13.3. The quantitative estimate of drug-likeness (QED) is 0.675. The van der Waals surface area contributed by atoms with Crippen LogP contribution < -0.4 is 0 Å². The Hall–Kier alpha value is -0.340. The average molecular weight is 216 g/mol. The Morgan fingerprint density at radius 2 is 2.36 bits per heavy atom. The van der Waals surface area contributed by atoms with Gasteiger partial charge in [-0.1, -0.05) is 19.4 Å². The zero-order valence-electron chi connectivity index (χ0n) is 9.09. The molecule has 0 bridgehead atoms. The molecular formula is C11H18ClNO. The van der Waals surface area contributed by atoms with Crippen LogP contribution in [0.2, 0.25) is 0 Å². The van der Waals surface area contributed by atoms with Gasteiger partial charge in [-0.2, -0.15) is 0 Å². The molecule has 1 aliphatic rings. The lowest BCUT2D eigenvalue weighted by atomic mass is 9.95. The van der Waals surface area contributed by atoms with E-state index >= 15 is 0 Å². The van der Waals surface area contributed by atoms with Crippen LogP contribution in [0.25, 0.3) is 0 Å². The molecule has 0 fully saturated rings. The van der Waals surface area contributed by atoms with E-state index in [1.807, 2.05) is 13.0 Å². The normalized spacial score (nSPS) is 28.7. The van der Waals surface area contributed by atoms with Gasteiger partial charge in [-0.15, -0.1) is 0 Å². The van der Waals surface area contributed by atoms with Crippen molar-refractivity contribution in [2.24, 2.45) is 0 Å². The maximum atomic E-state index is 11.1. The molecular weight excluding hydrogens is 198 g/mol. The highest BCUT2D eigenvalue weighted by Crippen LogP contribution is 2.25. The highest BCUT2D eigenvalue weighted by Gasteiger charge is 2.28. The van der Waals surface area contributed by atoms with E-state index in [1.54, 1.807) is 0 Å². The third-order valence-electron chi connectivity index (χ3n) is 3.10. The number of carbonyl (C=O) groups excluding carboxylic acids is 1. The molecule has 1 heterocycles. The minimum atomic E-state index is -0.306. The molecule has 0 spiro atoms. The highest BCUT2D eigenvalue weighted by molar-refractivity contribution is 6.67. The van der Waals surface area contributed by atoms with Gasteiger partial charge in [0.1, 0.15) is 0 Å². The summed E-state index contributed by atoms with van der Waals surface area (Å²) in [6.07, 6.45) is 5.31. The monoisotopic (exact) mass is 215 g/mol. The van der Waals surface area contributed by atoms with E-state index in [0.717, 1.165) is 12.0 Å². The second-order valence-electron chi connectivity index (χ2n) is 3.95. The predicted molar refractivity (Wildman–Crippen MR) is 59.5 cm³/mol. The molecule has 0 aromatic carbocycles. The molecule has 0 aromatic heterocycles. The van der Waals surface area contributed by atoms with Crippen LogP contribution in [-0.2, 0) is 4.79 Å². The van der Waals surface area contributed by atoms with E-state index in [9.17, 15) is 4.79 Å². The molecule has 0 aliphatic carbocycles. The van der Waals surface area contributed by atoms with Gasteiger partial charge in [0.2, 0.25) is 5.24 Å². The summed E-state index contributed by atoms with van der Waals surface area (Å²) in [5.74, 6) is 0. The molecule has 1 aliphatic heterocycles. The number of nitrogens with zero attached hydrogens (tertiary/aromatic N) is 1. The summed E-state index contributed by atoms with van der Waals surface area (Å²) in [7, 11) is 2.07. The van der Waals surface area contributed by atoms with Gasteiger partial charge in [-0.3, -0.25) is 9.69 Å². The smallest absolute Gasteiger partial charge is 0.249 e. The zero-order valence-corrected chi connectivity index (χ0v) is 9.84. The fraction of sp³-hybridized carbons (Fsp3) is 0.727. The fourth-order valence-electron chi connectivity index (χ4n) is 2.03. The Morgan fingerprint density at radius 3 is 2.86 bits per heavy atom. The van der Waals surface area contributed by atoms with Crippen molar-refractivity contribution in [3.05, 3.63) is 11.6 Å². The number of carbonyl (C=O) groups is 1. The second kappa shape index (κ2) is 4.94. The molecule has 0 radical (unpaired) electrons. The van der Waals surface area contributed by atoms with Gasteiger partial charge in [0.25, 0.3) is 0 Å². The molecule has 0 saturated carbocycles. The van der Waals surface area contributed by atoms with Crippen molar-refractivity contribution in [1.82, 2.24) is 4.90 Å². The van der Waals surface area contributed by atoms with Crippen molar-refractivity contribution in [3.63, 3.8) is 0 Å². The Balaban J connectivity index is 2.75. The van der Waals surface area contributed by atoms with Crippen LogP contribution in [-0.4, -0.2) is 29.3 Å². The summed E-state index contributed by atoms with van der Waals surface area (Å²) in [5.41, 5.74) is 0.751. The standard InChI is InChI=1S/C11H18ClNO/c1-4-5-9-6-7-10(11(12)14)8(2)13(9)3/h7-9H,4-6H2,1-3H3/t8?,9-/m1/s1. The second-order valence-corrected chi connectivity index (χ2v) is 4.30. The molecule has 0 amide bonds. The maximum absolute atomic E-state index is 11.1. The van der Waals surface area contributed by atoms with Gasteiger partial charge in [0.15, 0.2) is 0 Å². The number of likely N-dealkylation sites (N-methyl/N-ethyl adjacent to an activating group) is 1. The molecule has 0 N–H and O–H groups in total. The first-order valence-electron chi connectivity index (χ1n) is 5.19. The number of rotatable bonds is 3. The van der Waals surface area contributed by atoms with Crippen LogP contribution in [0.1, 0.15) is 33.1 Å². The van der Waals surface area contributed by atoms with E-state index in [0.29, 0.717) is 6.04 Å². The Kier molecular flexibility index (Phi) is 4.14. The summed E-state index contributed by atoms with van der Waals surface area (Å²) >= 11 is 5.51. The molecule has 1 unspecified atom stereocenters. The van der Waals surface area contributed by atoms with Gasteiger partial charge in [0.05, 0.1) is 0 Å². The lowest BCUT2D eigenvalue weighted by Crippen LogP contribution is -2.43. The van der Waals surface area contributed by atoms with Crippen LogP contribution in [0.3, 0.4) is 0 Å². The first kappa shape index (κ1) is 11.7. The highest BCUT2D eigenvalue weighted by atomic mass is 35.5. The van der Waals surface area contributed by atoms with E-state index < -0.39 is 0 Å². The Morgan fingerprint density at radius 1 is 1.71 bits per heavy atom. The summed E-state index contributed by atoms with van der Waals surface area (Å²) in [6, 6.07) is 0.722. The molecule has 2 nitrogen and oxygen atoms in total. The van der Waals surface area contributed by atoms with E-state index in [-0.39, 0.29) is 11.3 Å². The number of hydrogen-bond acceptors (Lipinski definition) is 2. The van der Waals surface area contributed by atoms with Crippen molar-refractivity contribution in [2.45, 2.75) is 45.2 Å². The summed E-state index contributed by atoms with van der Waals surface area (Å²) in [6.45, 7) is 4.22. The van der Waals surface area contributed by atoms with Crippen molar-refractivity contribution < 1.29 is 4.79 Å². The molecule has 0 aromatic rings. The first-order chi connectivity index (χ1) is 6.57. The van der Waals surface area contributed by atoms with Crippen LogP contribution in [0, 0.1) is 0 Å². The van der Waals surface area contributed by atoms with Crippen LogP contribution in [0.5, 0.6) is 0 Å². The minimum absolute atomic E-state index is 0.158. The van der Waals surface area contributed by atoms with Crippen LogP contribution in [0.4, 0.5) is 0 Å². The van der Waals surface area contributed by atoms with Crippen LogP contribution >= 0.6 is 11.6 Å². The maximum Gasteiger partial charge on any atom is 0.249 e. The molecule has 2 atom stereocenters. The van der Waals surface area contributed by atoms with E-state index in [1.165, 1.54) is 12.8 Å². The average Bonchev–Trinajstić information content (AvgIpc) is 2.13. The van der Waals surface area contributed by atoms with Gasteiger partial charge in [-0.25, -0.2) is 0 Å². The lowest BCUT2D eigenvalue weighted by molar-refractivity contribution is -0.109. The topological polar surface area (TPSA) is 20.3 Å². The van der Waals surface area contributed by atoms with Crippen molar-refractivity contribution in [3.8, 4) is 0 Å². The Bertz CT molecular complexity index is 250. The van der Waals surface area contributed by atoms with Gasteiger partial charge in [0, 0.05) is 17.7 Å². The summed E-state index contributed by atoms with van der Waals surface area (Å²) < 4.78 is 0. The third-order valence-corrected chi connectivity index (χ3v) is 3.31. The van der Waals surface area contributed by atoms with Gasteiger partial charge >= 0.3 is 0 Å². The third kappa shape index (κ3) is 2.37.